The van der Waals surface area contributed by atoms with Gasteiger partial charge in [-0.05, 0) is 88.9 Å². The van der Waals surface area contributed by atoms with Crippen LogP contribution in [0.25, 0.3) is 11.1 Å². The number of hydrogen-bond donors (Lipinski definition) is 3. The van der Waals surface area contributed by atoms with E-state index in [1.165, 1.54) is 5.56 Å². The van der Waals surface area contributed by atoms with Crippen molar-refractivity contribution in [2.24, 2.45) is 0 Å². The van der Waals surface area contributed by atoms with E-state index in [2.05, 4.69) is 64.7 Å². The molecule has 0 aromatic heterocycles. The topological polar surface area (TPSA) is 82.7 Å². The molecule has 0 aliphatic carbocycles. The van der Waals surface area contributed by atoms with E-state index in [0.717, 1.165) is 67.1 Å². The summed E-state index contributed by atoms with van der Waals surface area (Å²) in [6, 6.07) is 13.0. The molecule has 0 radical (unpaired) electrons. The van der Waals surface area contributed by atoms with Crippen molar-refractivity contribution in [1.82, 2.24) is 16.0 Å². The van der Waals surface area contributed by atoms with Gasteiger partial charge < -0.3 is 25.6 Å². The first-order chi connectivity index (χ1) is 18.7. The zero-order chi connectivity index (χ0) is 28.5. The number of nitrogens with zero attached hydrogens (tertiary/aromatic N) is 1. The first kappa shape index (κ1) is 30.1. The van der Waals surface area contributed by atoms with Crippen molar-refractivity contribution in [3.05, 3.63) is 76.5 Å². The molecule has 0 atom stereocenters. The minimum absolute atomic E-state index is 0.134. The molecule has 2 amide bonds. The molecule has 0 unspecified atom stereocenters. The number of rotatable bonds is 11. The summed E-state index contributed by atoms with van der Waals surface area (Å²) in [6.45, 7) is 16.7. The van der Waals surface area contributed by atoms with Crippen LogP contribution in [0.4, 0.5) is 5.69 Å². The van der Waals surface area contributed by atoms with E-state index in [0.29, 0.717) is 22.9 Å². The predicted octanol–water partition coefficient (Wildman–Crippen LogP) is 5.10. The van der Waals surface area contributed by atoms with Crippen LogP contribution in [0.3, 0.4) is 0 Å². The minimum Gasteiger partial charge on any atom is -0.381 e. The van der Waals surface area contributed by atoms with Gasteiger partial charge in [-0.25, -0.2) is 0 Å². The molecule has 7 heteroatoms. The Bertz CT molecular complexity index is 1210. The SMILES string of the molecule is C=C(C)NC(=O)C(CNC(=O)c1cc(-c2ccc(CNC)cc2)cc(N(CC)C2CCOCC2)c1C)=C(C)C. The molecule has 1 aliphatic rings. The molecular formula is C32H44N4O3. The van der Waals surface area contributed by atoms with Gasteiger partial charge in [0, 0.05) is 61.4 Å². The third-order valence-electron chi connectivity index (χ3n) is 7.21. The summed E-state index contributed by atoms with van der Waals surface area (Å²) in [6.07, 6.45) is 1.92. The second-order valence-corrected chi connectivity index (χ2v) is 10.4. The fourth-order valence-corrected chi connectivity index (χ4v) is 5.06. The molecule has 210 valence electrons. The lowest BCUT2D eigenvalue weighted by Crippen LogP contribution is -2.40. The first-order valence-electron chi connectivity index (χ1n) is 13.8. The van der Waals surface area contributed by atoms with Crippen molar-refractivity contribution >= 4 is 17.5 Å². The third-order valence-corrected chi connectivity index (χ3v) is 7.21. The Labute approximate surface area is 233 Å². The first-order valence-corrected chi connectivity index (χ1v) is 13.8. The fraction of sp³-hybridized carbons (Fsp3) is 0.438. The summed E-state index contributed by atoms with van der Waals surface area (Å²) in [5.74, 6) is -0.445. The Morgan fingerprint density at radius 3 is 2.28 bits per heavy atom. The zero-order valence-corrected chi connectivity index (χ0v) is 24.4. The number of allylic oxidation sites excluding steroid dienone is 2. The van der Waals surface area contributed by atoms with E-state index in [4.69, 9.17) is 4.74 Å². The van der Waals surface area contributed by atoms with Gasteiger partial charge in [-0.15, -0.1) is 0 Å². The highest BCUT2D eigenvalue weighted by Gasteiger charge is 2.25. The maximum atomic E-state index is 13.7. The summed E-state index contributed by atoms with van der Waals surface area (Å²) in [5, 5.41) is 8.94. The molecule has 39 heavy (non-hydrogen) atoms. The maximum absolute atomic E-state index is 13.7. The fourth-order valence-electron chi connectivity index (χ4n) is 5.06. The standard InChI is InChI=1S/C32H44N4O3/c1-8-36(27-13-15-39-16-14-27)30-18-26(25-11-9-24(10-12-25)19-33-7)17-28(23(30)6)31(37)34-20-29(21(2)3)32(38)35-22(4)5/h9-12,17-18,27,33H,4,8,13-16,19-20H2,1-3,5-7H3,(H,34,37)(H,35,38). The van der Waals surface area contributed by atoms with Crippen LogP contribution in [0.1, 0.15) is 62.0 Å². The summed E-state index contributed by atoms with van der Waals surface area (Å²) in [7, 11) is 1.93. The molecule has 0 bridgehead atoms. The Morgan fingerprint density at radius 2 is 1.72 bits per heavy atom. The Hall–Kier alpha value is -3.42. The number of carbonyl (C=O) groups excluding carboxylic acids is 2. The van der Waals surface area contributed by atoms with Crippen molar-refractivity contribution in [2.75, 3.05) is 38.3 Å². The summed E-state index contributed by atoms with van der Waals surface area (Å²) in [4.78, 5) is 28.8. The van der Waals surface area contributed by atoms with Crippen LogP contribution in [-0.2, 0) is 16.1 Å². The highest BCUT2D eigenvalue weighted by atomic mass is 16.5. The van der Waals surface area contributed by atoms with Crippen LogP contribution >= 0.6 is 0 Å². The molecule has 2 aromatic rings. The van der Waals surface area contributed by atoms with Crippen LogP contribution in [0.2, 0.25) is 0 Å². The van der Waals surface area contributed by atoms with Gasteiger partial charge in [0.2, 0.25) is 0 Å². The summed E-state index contributed by atoms with van der Waals surface area (Å²) >= 11 is 0. The third kappa shape index (κ3) is 7.80. The summed E-state index contributed by atoms with van der Waals surface area (Å²) in [5.41, 5.74) is 7.79. The molecule has 0 saturated carbocycles. The number of ether oxygens (including phenoxy) is 1. The van der Waals surface area contributed by atoms with E-state index in [1.807, 2.05) is 33.9 Å². The average molecular weight is 533 g/mol. The van der Waals surface area contributed by atoms with Crippen LogP contribution in [-0.4, -0.2) is 51.2 Å². The van der Waals surface area contributed by atoms with Gasteiger partial charge >= 0.3 is 0 Å². The second-order valence-electron chi connectivity index (χ2n) is 10.4. The lowest BCUT2D eigenvalue weighted by Gasteiger charge is -2.37. The highest BCUT2D eigenvalue weighted by Crippen LogP contribution is 2.34. The molecule has 1 aliphatic heterocycles. The molecule has 1 fully saturated rings. The van der Waals surface area contributed by atoms with Gasteiger partial charge in [0.1, 0.15) is 0 Å². The van der Waals surface area contributed by atoms with Crippen LogP contribution in [0.15, 0.2) is 59.8 Å². The van der Waals surface area contributed by atoms with Crippen LogP contribution in [0.5, 0.6) is 0 Å². The van der Waals surface area contributed by atoms with Gasteiger partial charge in [-0.2, -0.15) is 0 Å². The number of benzene rings is 2. The number of hydrogen-bond acceptors (Lipinski definition) is 5. The normalized spacial score (nSPS) is 13.5. The maximum Gasteiger partial charge on any atom is 0.253 e. The smallest absolute Gasteiger partial charge is 0.253 e. The van der Waals surface area contributed by atoms with Gasteiger partial charge in [0.25, 0.3) is 11.8 Å². The Balaban J connectivity index is 2.01. The zero-order valence-electron chi connectivity index (χ0n) is 24.4. The molecule has 1 saturated heterocycles. The number of amides is 2. The predicted molar refractivity (Wildman–Crippen MR) is 160 cm³/mol. The van der Waals surface area contributed by atoms with E-state index >= 15 is 0 Å². The summed E-state index contributed by atoms with van der Waals surface area (Å²) < 4.78 is 5.63. The number of anilines is 1. The Kier molecular flexibility index (Phi) is 10.9. The highest BCUT2D eigenvalue weighted by molar-refractivity contribution is 6.01. The lowest BCUT2D eigenvalue weighted by molar-refractivity contribution is -0.116. The van der Waals surface area contributed by atoms with Crippen LogP contribution < -0.4 is 20.9 Å². The van der Waals surface area contributed by atoms with Crippen molar-refractivity contribution in [2.45, 2.75) is 60.0 Å². The van der Waals surface area contributed by atoms with E-state index in [9.17, 15) is 9.59 Å². The van der Waals surface area contributed by atoms with Crippen molar-refractivity contribution < 1.29 is 14.3 Å². The van der Waals surface area contributed by atoms with E-state index < -0.39 is 0 Å². The van der Waals surface area contributed by atoms with Gasteiger partial charge in [0.15, 0.2) is 0 Å². The molecule has 1 heterocycles. The lowest BCUT2D eigenvalue weighted by atomic mass is 9.94. The van der Waals surface area contributed by atoms with Crippen molar-refractivity contribution in [3.63, 3.8) is 0 Å². The molecule has 3 N–H and O–H groups in total. The van der Waals surface area contributed by atoms with E-state index in [-0.39, 0.29) is 18.4 Å². The molecule has 7 nitrogen and oxygen atoms in total. The van der Waals surface area contributed by atoms with Gasteiger partial charge in [0.05, 0.1) is 0 Å². The quantitative estimate of drug-likeness (QED) is 0.351. The minimum atomic E-state index is -0.243. The van der Waals surface area contributed by atoms with E-state index in [1.54, 1.807) is 6.92 Å². The van der Waals surface area contributed by atoms with Crippen molar-refractivity contribution in [1.29, 1.82) is 0 Å². The molecular weight excluding hydrogens is 488 g/mol. The molecule has 2 aromatic carbocycles. The van der Waals surface area contributed by atoms with Gasteiger partial charge in [-0.3, -0.25) is 9.59 Å². The average Bonchev–Trinajstić information content (AvgIpc) is 2.90. The van der Waals surface area contributed by atoms with Gasteiger partial charge in [-0.1, -0.05) is 36.4 Å². The Morgan fingerprint density at radius 1 is 1.05 bits per heavy atom. The molecule has 0 spiro atoms. The monoisotopic (exact) mass is 532 g/mol. The van der Waals surface area contributed by atoms with Crippen LogP contribution in [0, 0.1) is 6.92 Å². The second kappa shape index (κ2) is 14.1. The molecule has 3 rings (SSSR count). The van der Waals surface area contributed by atoms with Crippen molar-refractivity contribution in [3.8, 4) is 11.1 Å². The largest absolute Gasteiger partial charge is 0.381 e. The number of carbonyl (C=O) groups is 2. The number of nitrogens with one attached hydrogen (secondary N) is 3.